The molecule has 4 heteroatoms. The van der Waals surface area contributed by atoms with Crippen molar-refractivity contribution in [1.82, 2.24) is 9.78 Å². The second-order valence-electron chi connectivity index (χ2n) is 4.08. The molecule has 2 unspecified atom stereocenters. The van der Waals surface area contributed by atoms with Crippen LogP contribution in [-0.4, -0.2) is 9.78 Å². The SMILES string of the molecule is N#CC1CCCCCC1n1cc(I)cn1. The molecule has 1 aliphatic rings. The molecule has 15 heavy (non-hydrogen) atoms. The van der Waals surface area contributed by atoms with Crippen molar-refractivity contribution in [3.8, 4) is 6.07 Å². The van der Waals surface area contributed by atoms with Gasteiger partial charge in [0.2, 0.25) is 0 Å². The molecule has 0 saturated heterocycles. The van der Waals surface area contributed by atoms with Crippen molar-refractivity contribution >= 4 is 22.6 Å². The molecule has 80 valence electrons. The molecular formula is C11H14IN3. The minimum atomic E-state index is 0.142. The van der Waals surface area contributed by atoms with Crippen molar-refractivity contribution in [3.05, 3.63) is 16.0 Å². The lowest BCUT2D eigenvalue weighted by Crippen LogP contribution is -2.17. The van der Waals surface area contributed by atoms with E-state index in [9.17, 15) is 0 Å². The van der Waals surface area contributed by atoms with Gasteiger partial charge in [0.25, 0.3) is 0 Å². The summed E-state index contributed by atoms with van der Waals surface area (Å²) >= 11 is 2.26. The van der Waals surface area contributed by atoms with E-state index in [0.29, 0.717) is 6.04 Å². The van der Waals surface area contributed by atoms with Crippen LogP contribution in [0.5, 0.6) is 0 Å². The first-order valence-corrected chi connectivity index (χ1v) is 6.48. The van der Waals surface area contributed by atoms with Gasteiger partial charge in [-0.25, -0.2) is 0 Å². The van der Waals surface area contributed by atoms with E-state index in [2.05, 4.69) is 33.8 Å². The van der Waals surface area contributed by atoms with Crippen molar-refractivity contribution in [2.75, 3.05) is 0 Å². The summed E-state index contributed by atoms with van der Waals surface area (Å²) in [5, 5.41) is 13.5. The van der Waals surface area contributed by atoms with Crippen molar-refractivity contribution in [1.29, 1.82) is 5.26 Å². The Morgan fingerprint density at radius 1 is 1.40 bits per heavy atom. The molecule has 0 aromatic carbocycles. The van der Waals surface area contributed by atoms with E-state index >= 15 is 0 Å². The van der Waals surface area contributed by atoms with E-state index in [1.165, 1.54) is 19.3 Å². The fourth-order valence-electron chi connectivity index (χ4n) is 2.25. The number of aromatic nitrogens is 2. The molecule has 1 heterocycles. The zero-order chi connectivity index (χ0) is 10.7. The van der Waals surface area contributed by atoms with Crippen molar-refractivity contribution < 1.29 is 0 Å². The van der Waals surface area contributed by atoms with Crippen molar-refractivity contribution in [2.24, 2.45) is 5.92 Å². The molecule has 1 aliphatic carbocycles. The minimum Gasteiger partial charge on any atom is -0.267 e. The summed E-state index contributed by atoms with van der Waals surface area (Å²) in [6.07, 6.45) is 9.69. The number of halogens is 1. The summed E-state index contributed by atoms with van der Waals surface area (Å²) in [4.78, 5) is 0. The number of nitriles is 1. The van der Waals surface area contributed by atoms with Crippen molar-refractivity contribution in [3.63, 3.8) is 0 Å². The summed E-state index contributed by atoms with van der Waals surface area (Å²) < 4.78 is 3.13. The van der Waals surface area contributed by atoms with Crippen LogP contribution in [0.25, 0.3) is 0 Å². The van der Waals surface area contributed by atoms with Gasteiger partial charge in [0.05, 0.1) is 27.8 Å². The maximum Gasteiger partial charge on any atom is 0.0687 e. The van der Waals surface area contributed by atoms with Crippen LogP contribution in [-0.2, 0) is 0 Å². The van der Waals surface area contributed by atoms with Crippen LogP contribution in [0.4, 0.5) is 0 Å². The zero-order valence-corrected chi connectivity index (χ0v) is 10.7. The molecule has 0 N–H and O–H groups in total. The van der Waals surface area contributed by atoms with Crippen LogP contribution in [0.3, 0.4) is 0 Å². The van der Waals surface area contributed by atoms with E-state index < -0.39 is 0 Å². The van der Waals surface area contributed by atoms with E-state index in [1.54, 1.807) is 0 Å². The Hall–Kier alpha value is -0.570. The van der Waals surface area contributed by atoms with Gasteiger partial charge >= 0.3 is 0 Å². The van der Waals surface area contributed by atoms with Crippen LogP contribution in [0.2, 0.25) is 0 Å². The topological polar surface area (TPSA) is 41.6 Å². The molecule has 3 nitrogen and oxygen atoms in total. The molecule has 2 atom stereocenters. The summed E-state index contributed by atoms with van der Waals surface area (Å²) in [5.74, 6) is 0.142. The number of hydrogen-bond acceptors (Lipinski definition) is 2. The van der Waals surface area contributed by atoms with Crippen molar-refractivity contribution in [2.45, 2.75) is 38.1 Å². The second kappa shape index (κ2) is 4.97. The molecule has 1 saturated carbocycles. The normalized spacial score (nSPS) is 26.9. The van der Waals surface area contributed by atoms with Gasteiger partial charge in [-0.1, -0.05) is 19.3 Å². The highest BCUT2D eigenvalue weighted by atomic mass is 127. The monoisotopic (exact) mass is 315 g/mol. The van der Waals surface area contributed by atoms with Crippen LogP contribution in [0.1, 0.15) is 38.1 Å². The summed E-state index contributed by atoms with van der Waals surface area (Å²) in [5.41, 5.74) is 0. The first kappa shape index (κ1) is 10.9. The molecule has 0 amide bonds. The molecule has 0 spiro atoms. The van der Waals surface area contributed by atoms with Gasteiger partial charge in [0, 0.05) is 6.20 Å². The number of rotatable bonds is 1. The fourth-order valence-corrected chi connectivity index (χ4v) is 2.66. The standard InChI is InChI=1S/C11H14IN3/c12-10-7-14-15(8-10)11-5-3-1-2-4-9(11)6-13/h7-9,11H,1-5H2. The Morgan fingerprint density at radius 2 is 2.20 bits per heavy atom. The third-order valence-electron chi connectivity index (χ3n) is 3.06. The van der Waals surface area contributed by atoms with Crippen LogP contribution in [0, 0.1) is 20.8 Å². The Kier molecular flexibility index (Phi) is 3.62. The minimum absolute atomic E-state index is 0.142. The van der Waals surface area contributed by atoms with Gasteiger partial charge in [-0.05, 0) is 35.4 Å². The molecule has 1 aromatic rings. The summed E-state index contributed by atoms with van der Waals surface area (Å²) in [6.45, 7) is 0. The largest absolute Gasteiger partial charge is 0.267 e. The van der Waals surface area contributed by atoms with Gasteiger partial charge in [0.1, 0.15) is 0 Å². The zero-order valence-electron chi connectivity index (χ0n) is 8.56. The molecule has 0 radical (unpaired) electrons. The maximum absolute atomic E-state index is 9.16. The van der Waals surface area contributed by atoms with Crippen LogP contribution in [0.15, 0.2) is 12.4 Å². The Labute approximate surface area is 104 Å². The molecular weight excluding hydrogens is 301 g/mol. The molecule has 2 rings (SSSR count). The third kappa shape index (κ3) is 2.51. The highest BCUT2D eigenvalue weighted by Crippen LogP contribution is 2.31. The second-order valence-corrected chi connectivity index (χ2v) is 5.33. The average Bonchev–Trinajstić information content (AvgIpc) is 2.54. The lowest BCUT2D eigenvalue weighted by atomic mass is 9.97. The number of hydrogen-bond donors (Lipinski definition) is 0. The Bertz CT molecular complexity index is 366. The lowest BCUT2D eigenvalue weighted by molar-refractivity contribution is 0.343. The van der Waals surface area contributed by atoms with E-state index in [-0.39, 0.29) is 5.92 Å². The van der Waals surface area contributed by atoms with Gasteiger partial charge < -0.3 is 0 Å². The summed E-state index contributed by atoms with van der Waals surface area (Å²) in [6, 6.07) is 2.73. The molecule has 0 aliphatic heterocycles. The Balaban J connectivity index is 2.20. The van der Waals surface area contributed by atoms with E-state index in [1.807, 2.05) is 17.1 Å². The smallest absolute Gasteiger partial charge is 0.0687 e. The highest BCUT2D eigenvalue weighted by Gasteiger charge is 2.25. The molecule has 1 aromatic heterocycles. The number of nitrogens with zero attached hydrogens (tertiary/aromatic N) is 3. The first-order valence-electron chi connectivity index (χ1n) is 5.40. The fraction of sp³-hybridized carbons (Fsp3) is 0.636. The average molecular weight is 315 g/mol. The Morgan fingerprint density at radius 3 is 2.87 bits per heavy atom. The van der Waals surface area contributed by atoms with Gasteiger partial charge in [0.15, 0.2) is 0 Å². The molecule has 1 fully saturated rings. The lowest BCUT2D eigenvalue weighted by Gasteiger charge is -2.19. The van der Waals surface area contributed by atoms with Crippen LogP contribution < -0.4 is 0 Å². The maximum atomic E-state index is 9.16. The van der Waals surface area contributed by atoms with Gasteiger partial charge in [-0.2, -0.15) is 10.4 Å². The van der Waals surface area contributed by atoms with Crippen LogP contribution >= 0.6 is 22.6 Å². The van der Waals surface area contributed by atoms with Gasteiger partial charge in [-0.15, -0.1) is 0 Å². The first-order chi connectivity index (χ1) is 7.31. The van der Waals surface area contributed by atoms with E-state index in [4.69, 9.17) is 5.26 Å². The molecule has 0 bridgehead atoms. The highest BCUT2D eigenvalue weighted by molar-refractivity contribution is 14.1. The summed E-state index contributed by atoms with van der Waals surface area (Å²) in [7, 11) is 0. The van der Waals surface area contributed by atoms with Gasteiger partial charge in [-0.3, -0.25) is 4.68 Å². The predicted molar refractivity (Wildman–Crippen MR) is 66.2 cm³/mol. The third-order valence-corrected chi connectivity index (χ3v) is 3.61. The van der Waals surface area contributed by atoms with E-state index in [0.717, 1.165) is 16.4 Å². The predicted octanol–water partition coefficient (Wildman–Crippen LogP) is 3.13. The quantitative estimate of drug-likeness (QED) is 0.590.